The fourth-order valence-electron chi connectivity index (χ4n) is 4.48. The van der Waals surface area contributed by atoms with Gasteiger partial charge in [0.05, 0.1) is 12.2 Å². The summed E-state index contributed by atoms with van der Waals surface area (Å²) in [5, 5.41) is 7.89. The normalized spacial score (nSPS) is 18.0. The van der Waals surface area contributed by atoms with Crippen molar-refractivity contribution in [3.8, 4) is 17.0 Å². The average molecular weight is 449 g/mol. The molecule has 0 unspecified atom stereocenters. The van der Waals surface area contributed by atoms with E-state index >= 15 is 0 Å². The summed E-state index contributed by atoms with van der Waals surface area (Å²) in [4.78, 5) is 33.8. The van der Waals surface area contributed by atoms with Crippen LogP contribution in [0.5, 0.6) is 5.88 Å². The van der Waals surface area contributed by atoms with Crippen molar-refractivity contribution >= 4 is 23.1 Å². The first-order valence-electron chi connectivity index (χ1n) is 11.4. The van der Waals surface area contributed by atoms with Crippen LogP contribution >= 0.6 is 0 Å². The fourth-order valence-corrected chi connectivity index (χ4v) is 4.48. The highest BCUT2D eigenvalue weighted by atomic mass is 16.5. The Labute approximate surface area is 192 Å². The van der Waals surface area contributed by atoms with Gasteiger partial charge in [-0.15, -0.1) is 0 Å². The number of ether oxygens (including phenoxy) is 1. The zero-order chi connectivity index (χ0) is 23.1. The molecule has 0 spiro atoms. The van der Waals surface area contributed by atoms with Crippen LogP contribution in [0, 0.1) is 6.92 Å². The van der Waals surface area contributed by atoms with E-state index in [0.717, 1.165) is 28.8 Å². The van der Waals surface area contributed by atoms with Crippen LogP contribution in [0.4, 0.5) is 5.69 Å². The molecule has 1 fully saturated rings. The first-order valence-corrected chi connectivity index (χ1v) is 11.4. The molecule has 9 heteroatoms. The number of nitrogens with zero attached hydrogens (tertiary/aromatic N) is 5. The van der Waals surface area contributed by atoms with Crippen LogP contribution in [0.3, 0.4) is 0 Å². The van der Waals surface area contributed by atoms with Crippen LogP contribution in [0.1, 0.15) is 35.7 Å². The molecule has 1 atom stereocenters. The summed E-state index contributed by atoms with van der Waals surface area (Å²) in [5.74, 6) is 0.629. The SMILES string of the molecule is CCN(C)C(=O)c1cc2cc(c1)-c1cnn3cc(C)c(nc13)OC[C@@H]1CCC(=O)N1CCN2. The minimum absolute atomic E-state index is 0.0192. The molecule has 1 saturated heterocycles. The van der Waals surface area contributed by atoms with Gasteiger partial charge >= 0.3 is 0 Å². The number of hydrogen-bond donors (Lipinski definition) is 1. The van der Waals surface area contributed by atoms with Gasteiger partial charge in [0.1, 0.15) is 6.61 Å². The quantitative estimate of drug-likeness (QED) is 0.648. The number of rotatable bonds is 2. The molecule has 4 heterocycles. The maximum absolute atomic E-state index is 13.0. The average Bonchev–Trinajstić information content (AvgIpc) is 3.38. The van der Waals surface area contributed by atoms with Gasteiger partial charge in [0, 0.05) is 61.7 Å². The highest BCUT2D eigenvalue weighted by Crippen LogP contribution is 2.31. The zero-order valence-electron chi connectivity index (χ0n) is 19.2. The van der Waals surface area contributed by atoms with E-state index in [1.165, 1.54) is 0 Å². The van der Waals surface area contributed by atoms with E-state index in [0.29, 0.717) is 49.8 Å². The molecule has 0 saturated carbocycles. The van der Waals surface area contributed by atoms with Crippen molar-refractivity contribution in [3.05, 3.63) is 41.7 Å². The van der Waals surface area contributed by atoms with E-state index in [9.17, 15) is 9.59 Å². The molecule has 1 N–H and O–H groups in total. The highest BCUT2D eigenvalue weighted by Gasteiger charge is 2.31. The van der Waals surface area contributed by atoms with Crippen LogP contribution < -0.4 is 10.1 Å². The van der Waals surface area contributed by atoms with Crippen molar-refractivity contribution in [1.82, 2.24) is 24.4 Å². The van der Waals surface area contributed by atoms with Crippen molar-refractivity contribution < 1.29 is 14.3 Å². The second-order valence-electron chi connectivity index (χ2n) is 8.69. The Hall–Kier alpha value is -3.62. The standard InChI is InChI=1S/C24H28N6O3/c1-4-28(3)24(32)17-9-16-10-18(11-17)25-7-8-29-19(5-6-21(29)31)14-33-23-15(2)13-30-22(27-23)20(16)12-26-30/h9-13,19,25H,4-8,14H2,1-3H3/t19-/m0/s1. The van der Waals surface area contributed by atoms with Crippen molar-refractivity contribution in [2.45, 2.75) is 32.7 Å². The van der Waals surface area contributed by atoms with Gasteiger partial charge in [0.25, 0.3) is 5.91 Å². The zero-order valence-corrected chi connectivity index (χ0v) is 19.2. The van der Waals surface area contributed by atoms with Crippen molar-refractivity contribution in [1.29, 1.82) is 0 Å². The molecule has 0 radical (unpaired) electrons. The molecule has 2 aliphatic rings. The Kier molecular flexibility index (Phi) is 5.39. The lowest BCUT2D eigenvalue weighted by atomic mass is 10.0. The van der Waals surface area contributed by atoms with Gasteiger partial charge in [-0.1, -0.05) is 0 Å². The molecule has 3 aromatic rings. The predicted octanol–water partition coefficient (Wildman–Crippen LogP) is 2.59. The Morgan fingerprint density at radius 1 is 1.33 bits per heavy atom. The summed E-state index contributed by atoms with van der Waals surface area (Å²) in [6.45, 7) is 6.05. The Balaban J connectivity index is 1.64. The molecule has 2 aromatic heterocycles. The lowest BCUT2D eigenvalue weighted by Gasteiger charge is -2.25. The third-order valence-electron chi connectivity index (χ3n) is 6.49. The van der Waals surface area contributed by atoms with Crippen LogP contribution in [0.2, 0.25) is 0 Å². The second-order valence-corrected chi connectivity index (χ2v) is 8.69. The molecule has 2 aliphatic heterocycles. The Morgan fingerprint density at radius 2 is 2.18 bits per heavy atom. The smallest absolute Gasteiger partial charge is 0.253 e. The van der Waals surface area contributed by atoms with E-state index in [4.69, 9.17) is 9.72 Å². The Bertz CT molecular complexity index is 1240. The molecule has 5 rings (SSSR count). The first kappa shape index (κ1) is 21.2. The predicted molar refractivity (Wildman–Crippen MR) is 125 cm³/mol. The number of fused-ring (bicyclic) bond motifs is 5. The van der Waals surface area contributed by atoms with E-state index in [1.54, 1.807) is 22.7 Å². The first-order chi connectivity index (χ1) is 15.9. The number of carbonyl (C=O) groups is 2. The number of nitrogens with one attached hydrogen (secondary N) is 1. The number of aromatic nitrogens is 3. The number of aryl methyl sites for hydroxylation is 1. The van der Waals surface area contributed by atoms with Gasteiger partial charge in [0.15, 0.2) is 5.65 Å². The van der Waals surface area contributed by atoms with Gasteiger partial charge < -0.3 is 19.9 Å². The fraction of sp³-hybridized carbons (Fsp3) is 0.417. The summed E-state index contributed by atoms with van der Waals surface area (Å²) in [6.07, 6.45) is 4.97. The third-order valence-corrected chi connectivity index (χ3v) is 6.49. The largest absolute Gasteiger partial charge is 0.475 e. The van der Waals surface area contributed by atoms with Crippen LogP contribution in [-0.4, -0.2) is 75.5 Å². The van der Waals surface area contributed by atoms with Crippen molar-refractivity contribution in [3.63, 3.8) is 0 Å². The van der Waals surface area contributed by atoms with Gasteiger partial charge in [-0.3, -0.25) is 9.59 Å². The molecule has 9 nitrogen and oxygen atoms in total. The number of carbonyl (C=O) groups excluding carboxylic acids is 2. The van der Waals surface area contributed by atoms with Crippen LogP contribution in [0.15, 0.2) is 30.6 Å². The van der Waals surface area contributed by atoms with E-state index in [2.05, 4.69) is 10.4 Å². The summed E-state index contributed by atoms with van der Waals surface area (Å²) in [6, 6.07) is 5.76. The van der Waals surface area contributed by atoms with E-state index in [-0.39, 0.29) is 17.9 Å². The molecule has 1 aromatic carbocycles. The molecular formula is C24H28N6O3. The minimum atomic E-state index is -0.0531. The molecule has 2 amide bonds. The molecule has 33 heavy (non-hydrogen) atoms. The maximum Gasteiger partial charge on any atom is 0.253 e. The summed E-state index contributed by atoms with van der Waals surface area (Å²) in [5.41, 5.74) is 4.61. The minimum Gasteiger partial charge on any atom is -0.475 e. The number of hydrogen-bond acceptors (Lipinski definition) is 6. The van der Waals surface area contributed by atoms with E-state index < -0.39 is 0 Å². The summed E-state index contributed by atoms with van der Waals surface area (Å²) < 4.78 is 7.84. The highest BCUT2D eigenvalue weighted by molar-refractivity contribution is 5.97. The van der Waals surface area contributed by atoms with Gasteiger partial charge in [-0.05, 0) is 44.0 Å². The number of amides is 2. The van der Waals surface area contributed by atoms with Gasteiger partial charge in [-0.25, -0.2) is 4.52 Å². The van der Waals surface area contributed by atoms with Crippen LogP contribution in [0.25, 0.3) is 16.8 Å². The van der Waals surface area contributed by atoms with Crippen molar-refractivity contribution in [2.24, 2.45) is 0 Å². The van der Waals surface area contributed by atoms with Crippen molar-refractivity contribution in [2.75, 3.05) is 38.6 Å². The topological polar surface area (TPSA) is 92.1 Å². The maximum atomic E-state index is 13.0. The summed E-state index contributed by atoms with van der Waals surface area (Å²) in [7, 11) is 1.79. The molecule has 172 valence electrons. The van der Waals surface area contributed by atoms with E-state index in [1.807, 2.05) is 43.1 Å². The second kappa shape index (κ2) is 8.38. The lowest BCUT2D eigenvalue weighted by molar-refractivity contribution is -0.129. The summed E-state index contributed by atoms with van der Waals surface area (Å²) >= 11 is 0. The van der Waals surface area contributed by atoms with Crippen LogP contribution in [-0.2, 0) is 4.79 Å². The number of benzene rings is 1. The third kappa shape index (κ3) is 3.88. The lowest BCUT2D eigenvalue weighted by Crippen LogP contribution is -2.40. The Morgan fingerprint density at radius 3 is 3.00 bits per heavy atom. The molecular weight excluding hydrogens is 420 g/mol. The number of anilines is 1. The molecule has 4 bridgehead atoms. The molecule has 0 aliphatic carbocycles. The van der Waals surface area contributed by atoms with Gasteiger partial charge in [0.2, 0.25) is 11.8 Å². The van der Waals surface area contributed by atoms with Gasteiger partial charge in [-0.2, -0.15) is 10.1 Å². The monoisotopic (exact) mass is 448 g/mol.